The van der Waals surface area contributed by atoms with Gasteiger partial charge in [0.05, 0.1) is 11.4 Å². The van der Waals surface area contributed by atoms with E-state index >= 15 is 0 Å². The minimum Gasteiger partial charge on any atom is -0.309 e. The van der Waals surface area contributed by atoms with Crippen molar-refractivity contribution in [2.45, 2.75) is 25.9 Å². The van der Waals surface area contributed by atoms with E-state index in [9.17, 15) is 4.79 Å². The van der Waals surface area contributed by atoms with E-state index in [-0.39, 0.29) is 17.6 Å². The van der Waals surface area contributed by atoms with E-state index in [1.54, 1.807) is 11.3 Å². The number of aromatic nitrogens is 2. The number of nitrogens with one attached hydrogen (secondary N) is 2. The molecule has 0 aliphatic rings. The van der Waals surface area contributed by atoms with Gasteiger partial charge in [-0.05, 0) is 43.0 Å². The lowest BCUT2D eigenvalue weighted by Crippen LogP contribution is -2.26. The van der Waals surface area contributed by atoms with Gasteiger partial charge >= 0.3 is 0 Å². The molecule has 0 aliphatic heterocycles. The van der Waals surface area contributed by atoms with Crippen molar-refractivity contribution in [3.05, 3.63) is 73.9 Å². The van der Waals surface area contributed by atoms with Gasteiger partial charge < -0.3 is 10.3 Å². The van der Waals surface area contributed by atoms with Crippen LogP contribution in [0.25, 0.3) is 20.7 Å². The summed E-state index contributed by atoms with van der Waals surface area (Å²) in [6.45, 7) is 4.08. The first-order valence-electron chi connectivity index (χ1n) is 8.59. The summed E-state index contributed by atoms with van der Waals surface area (Å²) < 4.78 is 0. The fraction of sp³-hybridized carbons (Fsp3) is 0.200. The Bertz CT molecular complexity index is 1120. The van der Waals surface area contributed by atoms with E-state index in [1.807, 2.05) is 54.1 Å². The lowest BCUT2D eigenvalue weighted by Gasteiger charge is -2.20. The average Bonchev–Trinajstić information content (AvgIpc) is 3.31. The summed E-state index contributed by atoms with van der Waals surface area (Å²) in [5, 5.41) is 8.90. The highest BCUT2D eigenvalue weighted by Crippen LogP contribution is 2.33. The molecule has 0 saturated carbocycles. The summed E-state index contributed by atoms with van der Waals surface area (Å²) in [7, 11) is 0. The number of hydrogen-bond donors (Lipinski definition) is 2. The third-order valence-corrected chi connectivity index (χ3v) is 6.56. The predicted octanol–water partition coefficient (Wildman–Crippen LogP) is 5.78. The maximum atomic E-state index is 12.7. The molecule has 0 spiro atoms. The van der Waals surface area contributed by atoms with E-state index in [1.165, 1.54) is 11.3 Å². The van der Waals surface area contributed by atoms with Crippen molar-refractivity contribution in [1.82, 2.24) is 15.3 Å². The van der Waals surface area contributed by atoms with Gasteiger partial charge in [-0.15, -0.1) is 22.7 Å². The van der Waals surface area contributed by atoms with E-state index in [2.05, 4.69) is 17.2 Å². The zero-order chi connectivity index (χ0) is 19.0. The molecule has 0 fully saturated rings. The molecule has 0 radical (unpaired) electrons. The maximum Gasteiger partial charge on any atom is 0.260 e. The van der Waals surface area contributed by atoms with Crippen molar-refractivity contribution in [3.63, 3.8) is 0 Å². The van der Waals surface area contributed by atoms with Gasteiger partial charge in [0.1, 0.15) is 10.7 Å². The van der Waals surface area contributed by atoms with Crippen molar-refractivity contribution >= 4 is 44.5 Å². The summed E-state index contributed by atoms with van der Waals surface area (Å²) in [4.78, 5) is 22.3. The Labute approximate surface area is 169 Å². The van der Waals surface area contributed by atoms with Gasteiger partial charge in [0.25, 0.3) is 5.56 Å². The zero-order valence-electron chi connectivity index (χ0n) is 14.8. The molecule has 0 bridgehead atoms. The van der Waals surface area contributed by atoms with Crippen LogP contribution in [0.3, 0.4) is 0 Å². The molecular weight excluding hydrogens is 398 g/mol. The van der Waals surface area contributed by atoms with Gasteiger partial charge in [-0.3, -0.25) is 4.79 Å². The molecule has 0 unspecified atom stereocenters. The Morgan fingerprint density at radius 3 is 2.59 bits per heavy atom. The van der Waals surface area contributed by atoms with Crippen LogP contribution in [0.1, 0.15) is 37.3 Å². The van der Waals surface area contributed by atoms with Crippen LogP contribution in [0, 0.1) is 0 Å². The molecule has 4 rings (SSSR count). The Kier molecular flexibility index (Phi) is 5.14. The standard InChI is InChI=1S/C20H18ClN3OS2/c1-11(13-5-7-14(21)8-6-13)22-12(2)18-23-19(25)17-15(10-27-20(17)24-18)16-4-3-9-26-16/h3-12,22H,1-2H3,(H,23,24,25)/t11-,12+/m1/s1. The molecule has 3 aromatic heterocycles. The maximum absolute atomic E-state index is 12.7. The van der Waals surface area contributed by atoms with Gasteiger partial charge in [-0.2, -0.15) is 0 Å². The molecule has 27 heavy (non-hydrogen) atoms. The first kappa shape index (κ1) is 18.4. The number of rotatable bonds is 5. The van der Waals surface area contributed by atoms with Crippen LogP contribution in [-0.4, -0.2) is 9.97 Å². The van der Waals surface area contributed by atoms with Gasteiger partial charge in [-0.1, -0.05) is 29.8 Å². The second-order valence-corrected chi connectivity index (χ2v) is 8.66. The largest absolute Gasteiger partial charge is 0.309 e. The number of halogens is 1. The van der Waals surface area contributed by atoms with Gasteiger partial charge in [0.15, 0.2) is 0 Å². The molecular formula is C20H18ClN3OS2. The molecule has 3 heterocycles. The smallest absolute Gasteiger partial charge is 0.260 e. The number of nitrogens with zero attached hydrogens (tertiary/aromatic N) is 1. The Morgan fingerprint density at radius 2 is 1.89 bits per heavy atom. The van der Waals surface area contributed by atoms with Crippen molar-refractivity contribution in [3.8, 4) is 10.4 Å². The minimum atomic E-state index is -0.0972. The molecule has 4 aromatic rings. The average molecular weight is 416 g/mol. The summed E-state index contributed by atoms with van der Waals surface area (Å²) in [5.74, 6) is 0.646. The van der Waals surface area contributed by atoms with Crippen molar-refractivity contribution in [1.29, 1.82) is 0 Å². The Morgan fingerprint density at radius 1 is 1.11 bits per heavy atom. The van der Waals surface area contributed by atoms with E-state index < -0.39 is 0 Å². The molecule has 2 N–H and O–H groups in total. The number of aromatic amines is 1. The molecule has 0 aliphatic carbocycles. The number of hydrogen-bond acceptors (Lipinski definition) is 5. The number of thiophene rings is 2. The summed E-state index contributed by atoms with van der Waals surface area (Å²) in [5.41, 5.74) is 2.00. The second kappa shape index (κ2) is 7.56. The first-order valence-corrected chi connectivity index (χ1v) is 10.7. The van der Waals surface area contributed by atoms with Gasteiger partial charge in [0, 0.05) is 26.9 Å². The van der Waals surface area contributed by atoms with Crippen LogP contribution in [0.5, 0.6) is 0 Å². The number of benzene rings is 1. The SMILES string of the molecule is C[C@H](N[C@H](C)c1ccc(Cl)cc1)c1nc2scc(-c3cccs3)c2c(=O)[nH]1. The molecule has 1 aromatic carbocycles. The van der Waals surface area contributed by atoms with Crippen molar-refractivity contribution in [2.75, 3.05) is 0 Å². The van der Waals surface area contributed by atoms with Crippen LogP contribution in [0.2, 0.25) is 5.02 Å². The summed E-state index contributed by atoms with van der Waals surface area (Å²) >= 11 is 9.10. The summed E-state index contributed by atoms with van der Waals surface area (Å²) in [6.07, 6.45) is 0. The first-order chi connectivity index (χ1) is 13.0. The molecule has 0 saturated heterocycles. The van der Waals surface area contributed by atoms with Gasteiger partial charge in [-0.25, -0.2) is 4.98 Å². The number of fused-ring (bicyclic) bond motifs is 1. The van der Waals surface area contributed by atoms with Crippen LogP contribution in [0.15, 0.2) is 52.0 Å². The van der Waals surface area contributed by atoms with E-state index in [0.29, 0.717) is 11.2 Å². The molecule has 2 atom stereocenters. The third kappa shape index (κ3) is 3.71. The molecule has 138 valence electrons. The molecule has 4 nitrogen and oxygen atoms in total. The van der Waals surface area contributed by atoms with Crippen molar-refractivity contribution in [2.24, 2.45) is 0 Å². The monoisotopic (exact) mass is 415 g/mol. The second-order valence-electron chi connectivity index (χ2n) is 6.42. The Balaban J connectivity index is 1.62. The predicted molar refractivity (Wildman–Crippen MR) is 115 cm³/mol. The Hall–Kier alpha value is -1.99. The van der Waals surface area contributed by atoms with E-state index in [0.717, 1.165) is 25.9 Å². The highest BCUT2D eigenvalue weighted by Gasteiger charge is 2.18. The fourth-order valence-electron chi connectivity index (χ4n) is 3.09. The van der Waals surface area contributed by atoms with Crippen LogP contribution in [0.4, 0.5) is 0 Å². The van der Waals surface area contributed by atoms with Gasteiger partial charge in [0.2, 0.25) is 0 Å². The summed E-state index contributed by atoms with van der Waals surface area (Å²) in [6, 6.07) is 11.8. The molecule has 7 heteroatoms. The fourth-order valence-corrected chi connectivity index (χ4v) is 4.98. The molecule has 0 amide bonds. The normalized spacial score (nSPS) is 13.7. The lowest BCUT2D eigenvalue weighted by atomic mass is 10.1. The lowest BCUT2D eigenvalue weighted by molar-refractivity contribution is 0.477. The van der Waals surface area contributed by atoms with Crippen LogP contribution < -0.4 is 10.9 Å². The number of H-pyrrole nitrogens is 1. The van der Waals surface area contributed by atoms with Crippen LogP contribution >= 0.6 is 34.3 Å². The zero-order valence-corrected chi connectivity index (χ0v) is 17.2. The van der Waals surface area contributed by atoms with Crippen LogP contribution in [-0.2, 0) is 0 Å². The van der Waals surface area contributed by atoms with Crippen molar-refractivity contribution < 1.29 is 0 Å². The third-order valence-electron chi connectivity index (χ3n) is 4.53. The topological polar surface area (TPSA) is 57.8 Å². The highest BCUT2D eigenvalue weighted by atomic mass is 35.5. The highest BCUT2D eigenvalue weighted by molar-refractivity contribution is 7.18. The minimum absolute atomic E-state index is 0.0903. The van der Waals surface area contributed by atoms with E-state index in [4.69, 9.17) is 16.6 Å². The quantitative estimate of drug-likeness (QED) is 0.434.